The number of anilines is 3. The molecule has 0 radical (unpaired) electrons. The van der Waals surface area contributed by atoms with E-state index in [-0.39, 0.29) is 22.4 Å². The summed E-state index contributed by atoms with van der Waals surface area (Å²) in [6.45, 7) is 4.90. The van der Waals surface area contributed by atoms with Crippen molar-refractivity contribution in [1.29, 1.82) is 5.26 Å². The number of hydrogen-bond donors (Lipinski definition) is 2. The largest absolute Gasteiger partial charge is 0.373 e. The first-order chi connectivity index (χ1) is 20.3. The van der Waals surface area contributed by atoms with Crippen molar-refractivity contribution >= 4 is 51.2 Å². The Morgan fingerprint density at radius 1 is 1.05 bits per heavy atom. The molecule has 212 valence electrons. The maximum absolute atomic E-state index is 13.8. The van der Waals surface area contributed by atoms with E-state index < -0.39 is 11.9 Å². The molecule has 0 amide bonds. The molecular weight excluding hydrogens is 581 g/mol. The molecule has 1 saturated heterocycles. The van der Waals surface area contributed by atoms with Crippen molar-refractivity contribution in [3.63, 3.8) is 0 Å². The Labute approximate surface area is 250 Å². The van der Waals surface area contributed by atoms with E-state index in [0.717, 1.165) is 25.2 Å². The van der Waals surface area contributed by atoms with Gasteiger partial charge in [-0.05, 0) is 54.6 Å². The van der Waals surface area contributed by atoms with Gasteiger partial charge in [0.25, 0.3) is 0 Å². The van der Waals surface area contributed by atoms with Gasteiger partial charge in [-0.2, -0.15) is 5.26 Å². The summed E-state index contributed by atoms with van der Waals surface area (Å²) in [5.74, 6) is -0.906. The van der Waals surface area contributed by atoms with Gasteiger partial charge in [0.05, 0.1) is 45.1 Å². The summed E-state index contributed by atoms with van der Waals surface area (Å²) >= 11 is 12.7. The van der Waals surface area contributed by atoms with E-state index in [1.807, 2.05) is 16.9 Å². The van der Waals surface area contributed by atoms with E-state index in [1.165, 1.54) is 36.5 Å². The number of rotatable bonds is 8. The zero-order valence-electron chi connectivity index (χ0n) is 22.3. The summed E-state index contributed by atoms with van der Waals surface area (Å²) in [5, 5.41) is 26.2. The number of halogens is 4. The minimum Gasteiger partial charge on any atom is -0.373 e. The van der Waals surface area contributed by atoms with E-state index in [4.69, 9.17) is 23.2 Å². The van der Waals surface area contributed by atoms with Crippen LogP contribution in [0.4, 0.5) is 25.8 Å². The minimum atomic E-state index is -0.555. The maximum Gasteiger partial charge on any atom is 0.141 e. The van der Waals surface area contributed by atoms with Crippen LogP contribution in [-0.4, -0.2) is 44.5 Å². The second kappa shape index (κ2) is 11.5. The van der Waals surface area contributed by atoms with Gasteiger partial charge in [-0.3, -0.25) is 9.88 Å². The molecule has 12 heteroatoms. The fraction of sp³-hybridized carbons (Fsp3) is 0.200. The smallest absolute Gasteiger partial charge is 0.141 e. The molecule has 0 spiro atoms. The van der Waals surface area contributed by atoms with Crippen LogP contribution in [-0.2, 0) is 0 Å². The molecule has 42 heavy (non-hydrogen) atoms. The lowest BCUT2D eigenvalue weighted by Gasteiger charge is -2.37. The average Bonchev–Trinajstić information content (AvgIpc) is 3.43. The number of fused-ring (bicyclic) bond motifs is 1. The summed E-state index contributed by atoms with van der Waals surface area (Å²) < 4.78 is 29.5. The van der Waals surface area contributed by atoms with Crippen LogP contribution in [0, 0.1) is 23.0 Å². The van der Waals surface area contributed by atoms with Crippen LogP contribution in [0.5, 0.6) is 0 Å². The molecule has 5 aromatic rings. The standard InChI is InChI=1S/C30H24Cl2F2N8/c1-2-41-14-22(15-41)42-16-27(39-40-42)29(17-3-5-19(33)6-4-17)38-21-9-23-28(37-20-7-8-26(34)24(31)10-20)18(12-35)13-36-30(23)25(32)11-21/h3-11,13,16,22,29,38H,2,14-15H2,1H3,(H,36,37). The van der Waals surface area contributed by atoms with Gasteiger partial charge in [-0.1, -0.05) is 47.5 Å². The zero-order valence-corrected chi connectivity index (χ0v) is 23.8. The molecule has 1 atom stereocenters. The van der Waals surface area contributed by atoms with Gasteiger partial charge < -0.3 is 10.6 Å². The van der Waals surface area contributed by atoms with E-state index in [0.29, 0.717) is 38.7 Å². The highest BCUT2D eigenvalue weighted by atomic mass is 35.5. The zero-order chi connectivity index (χ0) is 29.4. The van der Waals surface area contributed by atoms with E-state index in [2.05, 4.69) is 43.8 Å². The van der Waals surface area contributed by atoms with Crippen LogP contribution in [0.3, 0.4) is 0 Å². The highest BCUT2D eigenvalue weighted by molar-refractivity contribution is 6.36. The number of hydrogen-bond acceptors (Lipinski definition) is 7. The first kappa shape index (κ1) is 27.8. The van der Waals surface area contributed by atoms with E-state index >= 15 is 0 Å². The van der Waals surface area contributed by atoms with Gasteiger partial charge in [-0.15, -0.1) is 5.10 Å². The second-order valence-electron chi connectivity index (χ2n) is 10.0. The van der Waals surface area contributed by atoms with Gasteiger partial charge >= 0.3 is 0 Å². The topological polar surface area (TPSA) is 94.7 Å². The molecule has 1 fully saturated rings. The van der Waals surface area contributed by atoms with Crippen molar-refractivity contribution in [3.8, 4) is 6.07 Å². The van der Waals surface area contributed by atoms with Crippen LogP contribution >= 0.6 is 23.2 Å². The first-order valence-electron chi connectivity index (χ1n) is 13.2. The molecule has 0 aliphatic carbocycles. The Hall–Kier alpha value is -4.30. The highest BCUT2D eigenvalue weighted by Gasteiger charge is 2.29. The number of likely N-dealkylation sites (N-methyl/N-ethyl adjacent to an activating group) is 1. The van der Waals surface area contributed by atoms with Crippen molar-refractivity contribution in [2.45, 2.75) is 19.0 Å². The van der Waals surface area contributed by atoms with Gasteiger partial charge in [-0.25, -0.2) is 13.5 Å². The van der Waals surface area contributed by atoms with Crippen molar-refractivity contribution in [3.05, 3.63) is 105 Å². The molecule has 1 aliphatic heterocycles. The summed E-state index contributed by atoms with van der Waals surface area (Å²) in [6.07, 6.45) is 3.33. The molecule has 2 N–H and O–H groups in total. The molecule has 0 saturated carbocycles. The van der Waals surface area contributed by atoms with Crippen molar-refractivity contribution in [2.75, 3.05) is 30.3 Å². The van der Waals surface area contributed by atoms with Crippen LogP contribution in [0.25, 0.3) is 10.9 Å². The Balaban J connectivity index is 1.40. The van der Waals surface area contributed by atoms with E-state index in [1.54, 1.807) is 18.2 Å². The Morgan fingerprint density at radius 3 is 2.52 bits per heavy atom. The van der Waals surface area contributed by atoms with Crippen LogP contribution in [0.15, 0.2) is 67.0 Å². The van der Waals surface area contributed by atoms with Crippen LogP contribution in [0.1, 0.15) is 35.8 Å². The Bertz CT molecular complexity index is 1810. The van der Waals surface area contributed by atoms with Gasteiger partial charge in [0.1, 0.15) is 23.4 Å². The number of nitrogens with one attached hydrogen (secondary N) is 2. The quantitative estimate of drug-likeness (QED) is 0.195. The van der Waals surface area contributed by atoms with Crippen molar-refractivity contribution in [2.24, 2.45) is 0 Å². The van der Waals surface area contributed by atoms with Crippen LogP contribution in [0.2, 0.25) is 10.0 Å². The average molecular weight is 605 g/mol. The lowest BCUT2D eigenvalue weighted by Crippen LogP contribution is -2.47. The number of aromatic nitrogens is 4. The molecule has 6 rings (SSSR count). The molecule has 8 nitrogen and oxygen atoms in total. The normalized spacial score (nSPS) is 14.4. The van der Waals surface area contributed by atoms with Crippen molar-refractivity contribution in [1.82, 2.24) is 24.9 Å². The Morgan fingerprint density at radius 2 is 1.81 bits per heavy atom. The lowest BCUT2D eigenvalue weighted by molar-refractivity contribution is 0.104. The molecule has 1 unspecified atom stereocenters. The third-order valence-corrected chi connectivity index (χ3v) is 7.91. The van der Waals surface area contributed by atoms with Gasteiger partial charge in [0, 0.05) is 36.0 Å². The second-order valence-corrected chi connectivity index (χ2v) is 10.8. The number of pyridine rings is 1. The molecular formula is C30H24Cl2F2N8. The lowest BCUT2D eigenvalue weighted by atomic mass is 10.0. The molecule has 3 aromatic carbocycles. The minimum absolute atomic E-state index is 0.0586. The Kier molecular flexibility index (Phi) is 7.64. The molecule has 2 aromatic heterocycles. The fourth-order valence-corrected chi connectivity index (χ4v) is 5.45. The fourth-order valence-electron chi connectivity index (χ4n) is 5.00. The summed E-state index contributed by atoms with van der Waals surface area (Å²) in [5.41, 5.74) is 3.67. The SMILES string of the molecule is CCN1CC(n2cc(C(Nc3cc(Cl)c4ncc(C#N)c(Nc5ccc(F)c(Cl)c5)c4c3)c3ccc(F)cc3)nn2)C1. The number of nitriles is 1. The number of likely N-dealkylation sites (tertiary alicyclic amines) is 1. The third-order valence-electron chi connectivity index (χ3n) is 7.33. The molecule has 0 bridgehead atoms. The summed E-state index contributed by atoms with van der Waals surface area (Å²) in [6, 6.07) is 15.8. The maximum atomic E-state index is 13.8. The predicted molar refractivity (Wildman–Crippen MR) is 159 cm³/mol. The van der Waals surface area contributed by atoms with Gasteiger partial charge in [0.15, 0.2) is 0 Å². The first-order valence-corrected chi connectivity index (χ1v) is 14.0. The third kappa shape index (κ3) is 5.46. The summed E-state index contributed by atoms with van der Waals surface area (Å²) in [4.78, 5) is 6.72. The number of nitrogens with zero attached hydrogens (tertiary/aromatic N) is 6. The van der Waals surface area contributed by atoms with E-state index in [9.17, 15) is 14.0 Å². The molecule has 3 heterocycles. The molecule has 1 aliphatic rings. The van der Waals surface area contributed by atoms with Gasteiger partial charge in [0.2, 0.25) is 0 Å². The summed E-state index contributed by atoms with van der Waals surface area (Å²) in [7, 11) is 0. The highest BCUT2D eigenvalue weighted by Crippen LogP contribution is 2.37. The number of benzene rings is 3. The van der Waals surface area contributed by atoms with Crippen LogP contribution < -0.4 is 10.6 Å². The monoisotopic (exact) mass is 604 g/mol. The predicted octanol–water partition coefficient (Wildman–Crippen LogP) is 7.10. The van der Waals surface area contributed by atoms with Crippen molar-refractivity contribution < 1.29 is 8.78 Å².